The summed E-state index contributed by atoms with van der Waals surface area (Å²) in [5.74, 6) is -0.384. The molecule has 0 radical (unpaired) electrons. The number of nitrogens with zero attached hydrogens (tertiary/aromatic N) is 6. The molecule has 0 aliphatic rings. The van der Waals surface area contributed by atoms with E-state index in [2.05, 4.69) is 10.1 Å². The number of carbonyl (C=O) groups is 1. The van der Waals surface area contributed by atoms with Crippen LogP contribution in [0.1, 0.15) is 16.1 Å². The second-order valence-corrected chi connectivity index (χ2v) is 8.97. The SMILES string of the molecule is COC(=O)c1cc(-c2ccc(Cl)cc2)n(-c2nc3c(c(=O)n(C)c(=O)n3C)n2CC=Cc2ccccc2)n1. The molecule has 5 aromatic rings. The quantitative estimate of drug-likeness (QED) is 0.311. The van der Waals surface area contributed by atoms with Gasteiger partial charge in [0, 0.05) is 31.2 Å². The summed E-state index contributed by atoms with van der Waals surface area (Å²) in [6, 6.07) is 18.3. The first kappa shape index (κ1) is 25.0. The average Bonchev–Trinajstić information content (AvgIpc) is 3.54. The van der Waals surface area contributed by atoms with Gasteiger partial charge in [-0.25, -0.2) is 9.59 Å². The zero-order chi connectivity index (χ0) is 27.0. The highest BCUT2D eigenvalue weighted by Gasteiger charge is 2.24. The van der Waals surface area contributed by atoms with Crippen molar-refractivity contribution in [3.63, 3.8) is 0 Å². The summed E-state index contributed by atoms with van der Waals surface area (Å²) in [6.45, 7) is 0.238. The van der Waals surface area contributed by atoms with E-state index in [1.165, 1.54) is 23.4 Å². The number of aryl methyl sites for hydroxylation is 1. The van der Waals surface area contributed by atoms with Gasteiger partial charge in [-0.1, -0.05) is 66.2 Å². The first-order valence-corrected chi connectivity index (χ1v) is 12.0. The minimum Gasteiger partial charge on any atom is -0.464 e. The third-order valence-electron chi connectivity index (χ3n) is 6.16. The number of aromatic nitrogens is 6. The standard InChI is InChI=1S/C27H23ClN6O4/c1-31-23-22(24(35)32(2)27(31)37)33(15-7-10-17-8-5-4-6-9-17)26(29-23)34-21(16-20(30-34)25(36)38-3)18-11-13-19(28)14-12-18/h4-14,16H,15H2,1-3H3. The fourth-order valence-corrected chi connectivity index (χ4v) is 4.32. The molecule has 0 bridgehead atoms. The molecule has 5 rings (SSSR count). The lowest BCUT2D eigenvalue weighted by Gasteiger charge is -2.10. The van der Waals surface area contributed by atoms with Crippen LogP contribution in [0.25, 0.3) is 34.4 Å². The highest BCUT2D eigenvalue weighted by molar-refractivity contribution is 6.30. The molecule has 0 aliphatic carbocycles. The minimum absolute atomic E-state index is 0.0534. The lowest BCUT2D eigenvalue weighted by molar-refractivity contribution is 0.0593. The van der Waals surface area contributed by atoms with Crippen molar-refractivity contribution in [1.82, 2.24) is 28.5 Å². The number of fused-ring (bicyclic) bond motifs is 1. The maximum absolute atomic E-state index is 13.3. The summed E-state index contributed by atoms with van der Waals surface area (Å²) in [5, 5.41) is 5.03. The van der Waals surface area contributed by atoms with Crippen molar-refractivity contribution in [2.45, 2.75) is 6.54 Å². The average molecular weight is 531 g/mol. The van der Waals surface area contributed by atoms with Crippen molar-refractivity contribution >= 4 is 34.8 Å². The van der Waals surface area contributed by atoms with Gasteiger partial charge in [0.15, 0.2) is 16.9 Å². The van der Waals surface area contributed by atoms with Gasteiger partial charge in [0.25, 0.3) is 5.56 Å². The van der Waals surface area contributed by atoms with Crippen LogP contribution >= 0.6 is 11.6 Å². The summed E-state index contributed by atoms with van der Waals surface area (Å²) in [7, 11) is 4.24. The summed E-state index contributed by atoms with van der Waals surface area (Å²) < 4.78 is 10.4. The number of hydrogen-bond donors (Lipinski definition) is 0. The Morgan fingerprint density at radius 3 is 2.42 bits per heavy atom. The minimum atomic E-state index is -0.631. The van der Waals surface area contributed by atoms with Gasteiger partial charge in [-0.3, -0.25) is 18.5 Å². The van der Waals surface area contributed by atoms with Gasteiger partial charge in [0.1, 0.15) is 0 Å². The Kier molecular flexibility index (Phi) is 6.56. The van der Waals surface area contributed by atoms with E-state index in [4.69, 9.17) is 16.3 Å². The number of ether oxygens (including phenoxy) is 1. The van der Waals surface area contributed by atoms with Gasteiger partial charge >= 0.3 is 11.7 Å². The van der Waals surface area contributed by atoms with Crippen LogP contribution in [0.15, 0.2) is 76.3 Å². The Hall–Kier alpha value is -4.70. The Balaban J connectivity index is 1.78. The number of allylic oxidation sites excluding steroid dienone is 1. The van der Waals surface area contributed by atoms with Crippen molar-refractivity contribution in [2.75, 3.05) is 7.11 Å². The first-order chi connectivity index (χ1) is 18.3. The van der Waals surface area contributed by atoms with Gasteiger partial charge in [0.2, 0.25) is 5.95 Å². The van der Waals surface area contributed by atoms with Crippen molar-refractivity contribution in [2.24, 2.45) is 14.1 Å². The number of esters is 1. The molecule has 0 N–H and O–H groups in total. The third-order valence-corrected chi connectivity index (χ3v) is 6.41. The molecule has 11 heteroatoms. The molecular weight excluding hydrogens is 508 g/mol. The maximum atomic E-state index is 13.3. The molecule has 0 atom stereocenters. The van der Waals surface area contributed by atoms with Crippen LogP contribution < -0.4 is 11.2 Å². The van der Waals surface area contributed by atoms with E-state index < -0.39 is 17.2 Å². The van der Waals surface area contributed by atoms with Crippen LogP contribution in [0.4, 0.5) is 0 Å². The summed E-state index contributed by atoms with van der Waals surface area (Å²) >= 11 is 6.09. The van der Waals surface area contributed by atoms with Gasteiger partial charge in [-0.05, 0) is 23.8 Å². The fourth-order valence-electron chi connectivity index (χ4n) is 4.19. The van der Waals surface area contributed by atoms with E-state index in [9.17, 15) is 14.4 Å². The number of rotatable bonds is 6. The van der Waals surface area contributed by atoms with Crippen LogP contribution in [0.5, 0.6) is 0 Å². The molecule has 3 aromatic heterocycles. The van der Waals surface area contributed by atoms with Gasteiger partial charge in [-0.15, -0.1) is 0 Å². The Morgan fingerprint density at radius 2 is 1.74 bits per heavy atom. The largest absolute Gasteiger partial charge is 0.464 e. The molecule has 0 aliphatic heterocycles. The fraction of sp³-hybridized carbons (Fsp3) is 0.148. The van der Waals surface area contributed by atoms with Crippen LogP contribution in [-0.4, -0.2) is 41.5 Å². The molecule has 0 unspecified atom stereocenters. The Morgan fingerprint density at radius 1 is 1.03 bits per heavy atom. The van der Waals surface area contributed by atoms with E-state index in [1.54, 1.807) is 41.9 Å². The Labute approximate surface area is 221 Å². The number of hydrogen-bond acceptors (Lipinski definition) is 6. The van der Waals surface area contributed by atoms with E-state index in [1.807, 2.05) is 42.5 Å². The zero-order valence-corrected chi connectivity index (χ0v) is 21.6. The van der Waals surface area contributed by atoms with E-state index in [0.29, 0.717) is 16.3 Å². The molecule has 0 amide bonds. The molecule has 3 heterocycles. The zero-order valence-electron chi connectivity index (χ0n) is 20.8. The number of halogens is 1. The lowest BCUT2D eigenvalue weighted by Crippen LogP contribution is -2.37. The van der Waals surface area contributed by atoms with Gasteiger partial charge in [0.05, 0.1) is 12.8 Å². The normalized spacial score (nSPS) is 11.5. The molecule has 0 saturated carbocycles. The molecule has 192 valence electrons. The highest BCUT2D eigenvalue weighted by atomic mass is 35.5. The predicted molar refractivity (Wildman–Crippen MR) is 145 cm³/mol. The second kappa shape index (κ2) is 9.98. The van der Waals surface area contributed by atoms with Gasteiger partial charge in [-0.2, -0.15) is 14.8 Å². The number of carbonyl (C=O) groups excluding carboxylic acids is 1. The summed E-state index contributed by atoms with van der Waals surface area (Å²) in [5.41, 5.74) is 1.67. The van der Waals surface area contributed by atoms with E-state index in [0.717, 1.165) is 10.1 Å². The summed E-state index contributed by atoms with van der Waals surface area (Å²) in [6.07, 6.45) is 3.81. The van der Waals surface area contributed by atoms with Crippen molar-refractivity contribution in [3.8, 4) is 17.2 Å². The second-order valence-electron chi connectivity index (χ2n) is 8.54. The Bertz CT molecular complexity index is 1810. The van der Waals surface area contributed by atoms with Gasteiger partial charge < -0.3 is 4.74 Å². The van der Waals surface area contributed by atoms with Crippen molar-refractivity contribution in [1.29, 1.82) is 0 Å². The van der Waals surface area contributed by atoms with Crippen molar-refractivity contribution in [3.05, 3.63) is 104 Å². The molecule has 0 fully saturated rings. The van der Waals surface area contributed by atoms with E-state index >= 15 is 0 Å². The third kappa shape index (κ3) is 4.35. The molecule has 0 spiro atoms. The van der Waals surface area contributed by atoms with Crippen LogP contribution in [0.2, 0.25) is 5.02 Å². The van der Waals surface area contributed by atoms with E-state index in [-0.39, 0.29) is 29.4 Å². The van der Waals surface area contributed by atoms with Crippen LogP contribution in [-0.2, 0) is 25.4 Å². The molecule has 2 aromatic carbocycles. The summed E-state index contributed by atoms with van der Waals surface area (Å²) in [4.78, 5) is 43.1. The molecular formula is C27H23ClN6O4. The number of methoxy groups -OCH3 is 1. The molecule has 38 heavy (non-hydrogen) atoms. The smallest absolute Gasteiger partial charge is 0.358 e. The number of benzene rings is 2. The van der Waals surface area contributed by atoms with Crippen LogP contribution in [0.3, 0.4) is 0 Å². The first-order valence-electron chi connectivity index (χ1n) is 11.6. The topological polar surface area (TPSA) is 106 Å². The number of imidazole rings is 1. The predicted octanol–water partition coefficient (Wildman–Crippen LogP) is 3.44. The molecule has 10 nitrogen and oxygen atoms in total. The lowest BCUT2D eigenvalue weighted by atomic mass is 10.1. The molecule has 0 saturated heterocycles. The highest BCUT2D eigenvalue weighted by Crippen LogP contribution is 2.27. The van der Waals surface area contributed by atoms with Crippen molar-refractivity contribution < 1.29 is 9.53 Å². The van der Waals surface area contributed by atoms with Crippen LogP contribution in [0, 0.1) is 0 Å². The maximum Gasteiger partial charge on any atom is 0.358 e. The monoisotopic (exact) mass is 530 g/mol.